The average molecular weight is 491 g/mol. The van der Waals surface area contributed by atoms with Crippen molar-refractivity contribution in [2.75, 3.05) is 0 Å². The predicted octanol–water partition coefficient (Wildman–Crippen LogP) is -4.16. The van der Waals surface area contributed by atoms with E-state index in [-0.39, 0.29) is 12.8 Å². The van der Waals surface area contributed by atoms with E-state index in [1.54, 1.807) is 0 Å². The maximum Gasteiger partial charge on any atom is 0.326 e. The number of nitrogens with one attached hydrogen (secondary N) is 3. The van der Waals surface area contributed by atoms with Gasteiger partial charge in [-0.3, -0.25) is 28.8 Å². The van der Waals surface area contributed by atoms with Crippen LogP contribution in [0.3, 0.4) is 0 Å². The Morgan fingerprint density at radius 3 is 1.74 bits per heavy atom. The second-order valence-electron chi connectivity index (χ2n) is 7.33. The largest absolute Gasteiger partial charge is 0.481 e. The zero-order valence-electron chi connectivity index (χ0n) is 18.2. The Morgan fingerprint density at radius 1 is 0.765 bits per heavy atom. The number of amides is 4. The number of nitrogens with two attached hydrogens (primary N) is 2. The smallest absolute Gasteiger partial charge is 0.326 e. The lowest BCUT2D eigenvalue weighted by molar-refractivity contribution is -0.143. The lowest BCUT2D eigenvalue weighted by Crippen LogP contribution is -2.60. The summed E-state index contributed by atoms with van der Waals surface area (Å²) < 4.78 is 0. The summed E-state index contributed by atoms with van der Waals surface area (Å²) in [6.45, 7) is 1.10. The minimum atomic E-state index is -1.71. The van der Waals surface area contributed by atoms with Gasteiger partial charge in [0.15, 0.2) is 0 Å². The van der Waals surface area contributed by atoms with Crippen molar-refractivity contribution in [3.63, 3.8) is 0 Å². The van der Waals surface area contributed by atoms with Crippen LogP contribution in [0.5, 0.6) is 0 Å². The summed E-state index contributed by atoms with van der Waals surface area (Å²) >= 11 is 0. The van der Waals surface area contributed by atoms with Crippen LogP contribution in [0, 0.1) is 0 Å². The van der Waals surface area contributed by atoms with Gasteiger partial charge < -0.3 is 47.8 Å². The van der Waals surface area contributed by atoms with Crippen LogP contribution >= 0.6 is 0 Å². The van der Waals surface area contributed by atoms with Gasteiger partial charge in [-0.2, -0.15) is 0 Å². The van der Waals surface area contributed by atoms with E-state index in [9.17, 15) is 43.8 Å². The standard InChI is InChI=1S/C18H29N5O11/c1-7(24)14(23-15(30)8(19)6-13(28)29)17(32)21-9(3-5-12(26)27)16(31)22-10(18(33)34)2-4-11(20)25/h7-10,14,24H,2-6,19H2,1H3,(H2,20,25)(H,21,32)(H,22,31)(H,23,30)(H,26,27)(H,28,29)(H,33,34). The lowest BCUT2D eigenvalue weighted by atomic mass is 10.1. The number of carbonyl (C=O) groups is 7. The number of rotatable bonds is 16. The fourth-order valence-electron chi connectivity index (χ4n) is 2.56. The number of carboxylic acid groups (broad SMARTS) is 3. The van der Waals surface area contributed by atoms with E-state index in [1.807, 2.05) is 5.32 Å². The highest BCUT2D eigenvalue weighted by Crippen LogP contribution is 2.05. The molecule has 0 spiro atoms. The van der Waals surface area contributed by atoms with Crippen molar-refractivity contribution in [2.24, 2.45) is 11.5 Å². The third-order valence-electron chi connectivity index (χ3n) is 4.37. The monoisotopic (exact) mass is 491 g/mol. The first-order valence-corrected chi connectivity index (χ1v) is 9.95. The second-order valence-corrected chi connectivity index (χ2v) is 7.33. The third kappa shape index (κ3) is 11.7. The van der Waals surface area contributed by atoms with Gasteiger partial charge in [0.05, 0.1) is 18.6 Å². The molecular weight excluding hydrogens is 462 g/mol. The van der Waals surface area contributed by atoms with Gasteiger partial charge in [0.1, 0.15) is 18.1 Å². The summed E-state index contributed by atoms with van der Waals surface area (Å²) in [5.74, 6) is -8.42. The van der Waals surface area contributed by atoms with E-state index >= 15 is 0 Å². The first-order valence-electron chi connectivity index (χ1n) is 9.95. The molecule has 0 saturated carbocycles. The zero-order chi connectivity index (χ0) is 26.6. The van der Waals surface area contributed by atoms with Crippen molar-refractivity contribution in [3.8, 4) is 0 Å². The van der Waals surface area contributed by atoms with Gasteiger partial charge >= 0.3 is 17.9 Å². The fourth-order valence-corrected chi connectivity index (χ4v) is 2.56. The van der Waals surface area contributed by atoms with Crippen LogP contribution in [0.2, 0.25) is 0 Å². The highest BCUT2D eigenvalue weighted by atomic mass is 16.4. The van der Waals surface area contributed by atoms with E-state index in [1.165, 1.54) is 0 Å². The number of hydrogen-bond acceptors (Lipinski definition) is 9. The van der Waals surface area contributed by atoms with Crippen molar-refractivity contribution in [1.29, 1.82) is 0 Å². The Hall–Kier alpha value is -3.79. The summed E-state index contributed by atoms with van der Waals surface area (Å²) in [7, 11) is 0. The molecule has 34 heavy (non-hydrogen) atoms. The van der Waals surface area contributed by atoms with Crippen LogP contribution in [0.4, 0.5) is 0 Å². The first kappa shape index (κ1) is 30.2. The van der Waals surface area contributed by atoms with E-state index in [0.717, 1.165) is 6.92 Å². The van der Waals surface area contributed by atoms with Crippen LogP contribution in [-0.4, -0.2) is 92.2 Å². The minimum absolute atomic E-state index is 0.371. The number of carboxylic acids is 3. The number of aliphatic hydroxyl groups excluding tert-OH is 1. The number of aliphatic hydroxyl groups is 1. The molecule has 0 aliphatic carbocycles. The normalized spacial score (nSPS) is 15.0. The Bertz CT molecular complexity index is 801. The molecule has 16 heteroatoms. The van der Waals surface area contributed by atoms with Crippen molar-refractivity contribution in [2.45, 2.75) is 69.3 Å². The molecule has 5 atom stereocenters. The van der Waals surface area contributed by atoms with Gasteiger partial charge in [-0.25, -0.2) is 4.79 Å². The van der Waals surface area contributed by atoms with Gasteiger partial charge in [0.2, 0.25) is 23.6 Å². The maximum atomic E-state index is 12.6. The molecule has 0 aromatic carbocycles. The molecule has 0 aliphatic rings. The van der Waals surface area contributed by atoms with Gasteiger partial charge in [-0.05, 0) is 19.8 Å². The van der Waals surface area contributed by atoms with E-state index in [0.29, 0.717) is 0 Å². The highest BCUT2D eigenvalue weighted by Gasteiger charge is 2.33. The molecule has 0 aliphatic heterocycles. The average Bonchev–Trinajstić information content (AvgIpc) is 2.70. The molecule has 0 saturated heterocycles. The Kier molecular flexibility index (Phi) is 12.8. The molecule has 0 fully saturated rings. The Balaban J connectivity index is 5.52. The van der Waals surface area contributed by atoms with Gasteiger partial charge in [-0.1, -0.05) is 0 Å². The number of hydrogen-bond donors (Lipinski definition) is 9. The number of aliphatic carboxylic acids is 3. The molecule has 0 radical (unpaired) electrons. The van der Waals surface area contributed by atoms with Crippen molar-refractivity contribution in [1.82, 2.24) is 16.0 Å². The number of carbonyl (C=O) groups excluding carboxylic acids is 4. The van der Waals surface area contributed by atoms with Crippen LogP contribution in [0.25, 0.3) is 0 Å². The van der Waals surface area contributed by atoms with Crippen molar-refractivity contribution >= 4 is 41.5 Å². The van der Waals surface area contributed by atoms with Gasteiger partial charge in [0.25, 0.3) is 0 Å². The summed E-state index contributed by atoms with van der Waals surface area (Å²) in [6.07, 6.45) is -4.18. The Labute approximate surface area is 193 Å². The number of primary amides is 1. The van der Waals surface area contributed by atoms with E-state index < -0.39 is 91.1 Å². The molecular formula is C18H29N5O11. The van der Waals surface area contributed by atoms with E-state index in [4.69, 9.17) is 21.7 Å². The molecule has 0 heterocycles. The molecule has 0 aromatic heterocycles. The molecule has 5 unspecified atom stereocenters. The van der Waals surface area contributed by atoms with Crippen molar-refractivity contribution < 1.29 is 54.0 Å². The molecule has 0 bridgehead atoms. The molecule has 4 amide bonds. The second kappa shape index (κ2) is 14.4. The van der Waals surface area contributed by atoms with Gasteiger partial charge in [0, 0.05) is 12.8 Å². The van der Waals surface area contributed by atoms with Crippen LogP contribution < -0.4 is 27.4 Å². The van der Waals surface area contributed by atoms with Crippen LogP contribution in [0.15, 0.2) is 0 Å². The summed E-state index contributed by atoms with van der Waals surface area (Å²) in [5.41, 5.74) is 10.4. The highest BCUT2D eigenvalue weighted by molar-refractivity contribution is 5.95. The predicted molar refractivity (Wildman–Crippen MR) is 111 cm³/mol. The quantitative estimate of drug-likeness (QED) is 0.0993. The summed E-state index contributed by atoms with van der Waals surface area (Å²) in [4.78, 5) is 81.0. The fraction of sp³-hybridized carbons (Fsp3) is 0.611. The zero-order valence-corrected chi connectivity index (χ0v) is 18.2. The van der Waals surface area contributed by atoms with Gasteiger partial charge in [-0.15, -0.1) is 0 Å². The molecule has 192 valence electrons. The summed E-state index contributed by atoms with van der Waals surface area (Å²) in [6, 6.07) is -6.45. The first-order chi connectivity index (χ1) is 15.6. The SMILES string of the molecule is CC(O)C(NC(=O)C(N)CC(=O)O)C(=O)NC(CCC(=O)O)C(=O)NC(CCC(N)=O)C(=O)O. The van der Waals surface area contributed by atoms with Crippen molar-refractivity contribution in [3.05, 3.63) is 0 Å². The minimum Gasteiger partial charge on any atom is -0.481 e. The summed E-state index contributed by atoms with van der Waals surface area (Å²) in [5, 5.41) is 42.9. The molecule has 11 N–H and O–H groups in total. The third-order valence-corrected chi connectivity index (χ3v) is 4.37. The molecule has 0 rings (SSSR count). The molecule has 0 aromatic rings. The topological polar surface area (TPSA) is 289 Å². The van der Waals surface area contributed by atoms with E-state index in [2.05, 4.69) is 10.6 Å². The Morgan fingerprint density at radius 2 is 1.29 bits per heavy atom. The van der Waals surface area contributed by atoms with Crippen LogP contribution in [-0.2, 0) is 33.6 Å². The maximum absolute atomic E-state index is 12.6. The molecule has 16 nitrogen and oxygen atoms in total. The lowest BCUT2D eigenvalue weighted by Gasteiger charge is -2.26. The van der Waals surface area contributed by atoms with Crippen LogP contribution in [0.1, 0.15) is 39.0 Å².